The predicted molar refractivity (Wildman–Crippen MR) is 113 cm³/mol. The van der Waals surface area contributed by atoms with E-state index in [-0.39, 0.29) is 23.6 Å². The van der Waals surface area contributed by atoms with Gasteiger partial charge in [-0.1, -0.05) is 29.3 Å². The van der Waals surface area contributed by atoms with Crippen molar-refractivity contribution in [2.45, 2.75) is 25.6 Å². The average molecular weight is 463 g/mol. The second-order valence-electron chi connectivity index (χ2n) is 6.67. The maximum Gasteiger partial charge on any atom is 0.321 e. The molecule has 0 bridgehead atoms. The Morgan fingerprint density at radius 3 is 2.82 bits per heavy atom. The number of carbonyl (C=O) groups is 1. The van der Waals surface area contributed by atoms with Crippen molar-refractivity contribution >= 4 is 55.5 Å². The predicted octanol–water partition coefficient (Wildman–Crippen LogP) is 3.39. The Morgan fingerprint density at radius 2 is 2.14 bits per heavy atom. The Bertz CT molecular complexity index is 965. The van der Waals surface area contributed by atoms with E-state index in [4.69, 9.17) is 23.2 Å². The summed E-state index contributed by atoms with van der Waals surface area (Å²) in [5.41, 5.74) is 1.62. The maximum atomic E-state index is 12.1. The maximum absolute atomic E-state index is 12.1. The van der Waals surface area contributed by atoms with E-state index in [1.54, 1.807) is 18.2 Å². The number of urea groups is 1. The number of amides is 2. The molecule has 2 N–H and O–H groups in total. The Labute approximate surface area is 178 Å². The Morgan fingerprint density at radius 1 is 1.36 bits per heavy atom. The first kappa shape index (κ1) is 21.3. The molecular weight excluding hydrogens is 443 g/mol. The van der Waals surface area contributed by atoms with Crippen molar-refractivity contribution in [1.82, 2.24) is 15.2 Å². The van der Waals surface area contributed by atoms with E-state index >= 15 is 0 Å². The molecule has 1 unspecified atom stereocenters. The number of halogens is 2. The molecule has 1 aliphatic heterocycles. The highest BCUT2D eigenvalue weighted by molar-refractivity contribution is 7.91. The van der Waals surface area contributed by atoms with Gasteiger partial charge in [-0.2, -0.15) is 0 Å². The smallest absolute Gasteiger partial charge is 0.321 e. The standard InChI is InChI=1S/C17H20Cl2N4O3S2/c1-23(13-4-5-28(25,26)10-13)8-12-9-27-17(21-12)22-16(24)20-7-11-2-3-14(18)15(19)6-11/h2-3,6,9,13H,4-5,7-8,10H2,1H3,(H2,20,21,22,24). The van der Waals surface area contributed by atoms with Crippen molar-refractivity contribution < 1.29 is 13.2 Å². The lowest BCUT2D eigenvalue weighted by atomic mass is 10.2. The van der Waals surface area contributed by atoms with Crippen LogP contribution >= 0.6 is 34.5 Å². The van der Waals surface area contributed by atoms with Gasteiger partial charge in [0.05, 0.1) is 27.2 Å². The van der Waals surface area contributed by atoms with Gasteiger partial charge in [-0.05, 0) is 31.2 Å². The second-order valence-corrected chi connectivity index (χ2v) is 10.6. The molecule has 1 aliphatic rings. The lowest BCUT2D eigenvalue weighted by Gasteiger charge is -2.21. The molecule has 3 rings (SSSR count). The monoisotopic (exact) mass is 462 g/mol. The summed E-state index contributed by atoms with van der Waals surface area (Å²) >= 11 is 13.2. The molecule has 2 amide bonds. The van der Waals surface area contributed by atoms with Gasteiger partial charge in [0.15, 0.2) is 15.0 Å². The van der Waals surface area contributed by atoms with Crippen molar-refractivity contribution in [3.63, 3.8) is 0 Å². The molecule has 0 spiro atoms. The molecule has 0 aliphatic carbocycles. The first-order valence-corrected chi connectivity index (χ1v) is 12.0. The number of rotatable bonds is 6. The molecule has 0 saturated carbocycles. The number of nitrogens with zero attached hydrogens (tertiary/aromatic N) is 2. The third-order valence-corrected chi connectivity index (χ3v) is 7.75. The lowest BCUT2D eigenvalue weighted by Crippen LogP contribution is -2.32. The van der Waals surface area contributed by atoms with Crippen molar-refractivity contribution in [2.24, 2.45) is 0 Å². The summed E-state index contributed by atoms with van der Waals surface area (Å²) in [5.74, 6) is 0.431. The largest absolute Gasteiger partial charge is 0.334 e. The molecule has 7 nitrogen and oxygen atoms in total. The summed E-state index contributed by atoms with van der Waals surface area (Å²) in [4.78, 5) is 18.4. The van der Waals surface area contributed by atoms with Crippen LogP contribution < -0.4 is 10.6 Å². The van der Waals surface area contributed by atoms with Gasteiger partial charge in [-0.25, -0.2) is 18.2 Å². The van der Waals surface area contributed by atoms with E-state index in [0.29, 0.717) is 34.7 Å². The summed E-state index contributed by atoms with van der Waals surface area (Å²) in [5, 5.41) is 8.67. The lowest BCUT2D eigenvalue weighted by molar-refractivity contribution is 0.250. The van der Waals surface area contributed by atoms with Gasteiger partial charge in [-0.3, -0.25) is 10.2 Å². The highest BCUT2D eigenvalue weighted by atomic mass is 35.5. The molecule has 1 aromatic heterocycles. The minimum Gasteiger partial charge on any atom is -0.334 e. The van der Waals surface area contributed by atoms with Crippen LogP contribution in [0.15, 0.2) is 23.6 Å². The second kappa shape index (κ2) is 8.96. The highest BCUT2D eigenvalue weighted by Gasteiger charge is 2.30. The zero-order valence-corrected chi connectivity index (χ0v) is 18.3. The van der Waals surface area contributed by atoms with Gasteiger partial charge in [0.25, 0.3) is 0 Å². The summed E-state index contributed by atoms with van der Waals surface area (Å²) in [6.07, 6.45) is 0.644. The quantitative estimate of drug-likeness (QED) is 0.686. The van der Waals surface area contributed by atoms with E-state index in [0.717, 1.165) is 11.3 Å². The normalized spacial score (nSPS) is 18.4. The van der Waals surface area contributed by atoms with Crippen molar-refractivity contribution in [2.75, 3.05) is 23.9 Å². The van der Waals surface area contributed by atoms with E-state index in [1.165, 1.54) is 11.3 Å². The van der Waals surface area contributed by atoms with Crippen LogP contribution in [0.5, 0.6) is 0 Å². The van der Waals surface area contributed by atoms with Gasteiger partial charge in [0.1, 0.15) is 0 Å². The van der Waals surface area contributed by atoms with Crippen LogP contribution in [0.25, 0.3) is 0 Å². The number of carbonyl (C=O) groups excluding carboxylic acids is 1. The topological polar surface area (TPSA) is 91.4 Å². The van der Waals surface area contributed by atoms with Crippen LogP contribution in [0, 0.1) is 0 Å². The number of nitrogens with one attached hydrogen (secondary N) is 2. The third kappa shape index (κ3) is 5.81. The van der Waals surface area contributed by atoms with Gasteiger partial charge < -0.3 is 5.32 Å². The molecule has 1 aromatic carbocycles. The number of anilines is 1. The summed E-state index contributed by atoms with van der Waals surface area (Å²) in [6.45, 7) is 0.836. The van der Waals surface area contributed by atoms with E-state index < -0.39 is 9.84 Å². The average Bonchev–Trinajstić information content (AvgIpc) is 3.21. The highest BCUT2D eigenvalue weighted by Crippen LogP contribution is 2.23. The molecule has 152 valence electrons. The molecule has 11 heteroatoms. The molecule has 1 saturated heterocycles. The first-order valence-electron chi connectivity index (χ1n) is 8.56. The minimum atomic E-state index is -2.92. The fourth-order valence-electron chi connectivity index (χ4n) is 2.92. The minimum absolute atomic E-state index is 0.0117. The molecule has 0 radical (unpaired) electrons. The number of thiazole rings is 1. The zero-order chi connectivity index (χ0) is 20.3. The molecule has 1 atom stereocenters. The Hall–Kier alpha value is -1.39. The first-order chi connectivity index (χ1) is 13.2. The van der Waals surface area contributed by atoms with Gasteiger partial charge in [0, 0.05) is 24.5 Å². The molecule has 2 aromatic rings. The van der Waals surface area contributed by atoms with E-state index in [2.05, 4.69) is 15.6 Å². The number of hydrogen-bond acceptors (Lipinski definition) is 6. The number of aromatic nitrogens is 1. The fourth-order valence-corrected chi connectivity index (χ4v) is 5.74. The fraction of sp³-hybridized carbons (Fsp3) is 0.412. The third-order valence-electron chi connectivity index (χ3n) is 4.45. The summed E-state index contributed by atoms with van der Waals surface area (Å²) in [6, 6.07) is 4.80. The van der Waals surface area contributed by atoms with Crippen molar-refractivity contribution in [3.8, 4) is 0 Å². The van der Waals surface area contributed by atoms with Crippen LogP contribution in [0.4, 0.5) is 9.93 Å². The number of sulfone groups is 1. The number of benzene rings is 1. The van der Waals surface area contributed by atoms with Gasteiger partial charge in [0.2, 0.25) is 0 Å². The SMILES string of the molecule is CN(Cc1csc(NC(=O)NCc2ccc(Cl)c(Cl)c2)n1)C1CCS(=O)(=O)C1. The van der Waals surface area contributed by atoms with Crippen LogP contribution in [0.2, 0.25) is 10.0 Å². The molecule has 1 fully saturated rings. The number of hydrogen-bond donors (Lipinski definition) is 2. The van der Waals surface area contributed by atoms with E-state index in [1.807, 2.05) is 17.3 Å². The Balaban J connectivity index is 1.48. The van der Waals surface area contributed by atoms with Crippen molar-refractivity contribution in [3.05, 3.63) is 44.9 Å². The van der Waals surface area contributed by atoms with Gasteiger partial charge >= 0.3 is 6.03 Å². The van der Waals surface area contributed by atoms with Crippen LogP contribution in [-0.4, -0.2) is 48.9 Å². The summed E-state index contributed by atoms with van der Waals surface area (Å²) < 4.78 is 23.2. The zero-order valence-electron chi connectivity index (χ0n) is 15.1. The van der Waals surface area contributed by atoms with Crippen LogP contribution in [-0.2, 0) is 22.9 Å². The van der Waals surface area contributed by atoms with Crippen LogP contribution in [0.1, 0.15) is 17.7 Å². The van der Waals surface area contributed by atoms with Crippen LogP contribution in [0.3, 0.4) is 0 Å². The Kier molecular flexibility index (Phi) is 6.82. The summed E-state index contributed by atoms with van der Waals surface area (Å²) in [7, 11) is -1.03. The molecule has 2 heterocycles. The van der Waals surface area contributed by atoms with Crippen molar-refractivity contribution in [1.29, 1.82) is 0 Å². The van der Waals surface area contributed by atoms with E-state index in [9.17, 15) is 13.2 Å². The molecular formula is C17H20Cl2N4O3S2. The molecule has 28 heavy (non-hydrogen) atoms. The van der Waals surface area contributed by atoms with Gasteiger partial charge in [-0.15, -0.1) is 11.3 Å².